The summed E-state index contributed by atoms with van der Waals surface area (Å²) in [6.45, 7) is 0. The Balaban J connectivity index is 2.57. The van der Waals surface area contributed by atoms with Crippen LogP contribution in [0.4, 0.5) is 13.2 Å². The summed E-state index contributed by atoms with van der Waals surface area (Å²) in [6.07, 6.45) is -4.11. The average molecular weight is 349 g/mol. The van der Waals surface area contributed by atoms with Crippen LogP contribution in [0.1, 0.15) is 16.1 Å². The van der Waals surface area contributed by atoms with Gasteiger partial charge in [0.15, 0.2) is 5.76 Å². The van der Waals surface area contributed by atoms with E-state index in [0.29, 0.717) is 4.47 Å². The minimum absolute atomic E-state index is 0.524. The Morgan fingerprint density at radius 2 is 1.75 bits per heavy atom. The summed E-state index contributed by atoms with van der Waals surface area (Å²) in [4.78, 5) is 12.0. The summed E-state index contributed by atoms with van der Waals surface area (Å²) in [5.74, 6) is -2.12. The maximum atomic E-state index is 13.2. The Bertz CT molecular complexity index is 605. The van der Waals surface area contributed by atoms with Gasteiger partial charge in [0.1, 0.15) is 0 Å². The molecule has 0 saturated heterocycles. The van der Waals surface area contributed by atoms with Crippen LogP contribution in [-0.2, 0) is 5.60 Å². The standard InChI is InChI=1S/C13H8BrF3O3/c14-9-5-3-8(4-6-9)12(19,13(15,16)17)11(18)10-2-1-7-20-10/h1-7,19H/t12-/m0/s1. The fraction of sp³-hybridized carbons (Fsp3) is 0.154. The highest BCUT2D eigenvalue weighted by atomic mass is 79.9. The van der Waals surface area contributed by atoms with Crippen LogP contribution in [0.2, 0.25) is 0 Å². The van der Waals surface area contributed by atoms with E-state index in [0.717, 1.165) is 24.5 Å². The van der Waals surface area contributed by atoms with E-state index in [4.69, 9.17) is 0 Å². The molecule has 1 N–H and O–H groups in total. The number of benzene rings is 1. The zero-order valence-electron chi connectivity index (χ0n) is 9.82. The van der Waals surface area contributed by atoms with Crippen LogP contribution >= 0.6 is 15.9 Å². The molecule has 0 amide bonds. The molecule has 0 saturated carbocycles. The van der Waals surface area contributed by atoms with Gasteiger partial charge in [-0.15, -0.1) is 0 Å². The summed E-state index contributed by atoms with van der Waals surface area (Å²) in [7, 11) is 0. The van der Waals surface area contributed by atoms with E-state index >= 15 is 0 Å². The summed E-state index contributed by atoms with van der Waals surface area (Å²) in [5, 5.41) is 10.0. The van der Waals surface area contributed by atoms with Gasteiger partial charge < -0.3 is 9.52 Å². The normalized spacial score (nSPS) is 14.8. The van der Waals surface area contributed by atoms with E-state index in [9.17, 15) is 23.1 Å². The van der Waals surface area contributed by atoms with Crippen molar-refractivity contribution in [2.24, 2.45) is 0 Å². The van der Waals surface area contributed by atoms with Gasteiger partial charge >= 0.3 is 6.18 Å². The SMILES string of the molecule is O=C(c1ccco1)[C@@](O)(c1ccc(Br)cc1)C(F)(F)F. The largest absolute Gasteiger partial charge is 0.461 e. The van der Waals surface area contributed by atoms with Gasteiger partial charge in [0, 0.05) is 10.0 Å². The molecule has 1 atom stereocenters. The quantitative estimate of drug-likeness (QED) is 0.861. The van der Waals surface area contributed by atoms with Gasteiger partial charge in [-0.2, -0.15) is 13.2 Å². The number of rotatable bonds is 3. The molecule has 0 unspecified atom stereocenters. The molecule has 2 rings (SSSR count). The predicted molar refractivity (Wildman–Crippen MR) is 67.1 cm³/mol. The lowest BCUT2D eigenvalue weighted by molar-refractivity contribution is -0.242. The fourth-order valence-electron chi connectivity index (χ4n) is 1.70. The van der Waals surface area contributed by atoms with Gasteiger partial charge in [0.25, 0.3) is 5.60 Å². The highest BCUT2D eigenvalue weighted by Crippen LogP contribution is 2.41. The molecule has 0 aliphatic rings. The Hall–Kier alpha value is -1.60. The Kier molecular flexibility index (Phi) is 3.75. The average Bonchev–Trinajstić information content (AvgIpc) is 2.90. The first-order valence-corrected chi connectivity index (χ1v) is 6.19. The zero-order valence-corrected chi connectivity index (χ0v) is 11.4. The molecule has 0 spiro atoms. The lowest BCUT2D eigenvalue weighted by atomic mass is 9.87. The van der Waals surface area contributed by atoms with Crippen molar-refractivity contribution in [1.82, 2.24) is 0 Å². The van der Waals surface area contributed by atoms with Gasteiger partial charge in [-0.05, 0) is 24.3 Å². The zero-order chi connectivity index (χ0) is 15.0. The Morgan fingerprint density at radius 1 is 1.15 bits per heavy atom. The van der Waals surface area contributed by atoms with Crippen molar-refractivity contribution in [3.8, 4) is 0 Å². The second-order valence-corrected chi connectivity index (χ2v) is 4.94. The Labute approximate surface area is 120 Å². The molecule has 1 aromatic carbocycles. The van der Waals surface area contributed by atoms with Crippen LogP contribution in [0.25, 0.3) is 0 Å². The fourth-order valence-corrected chi connectivity index (χ4v) is 1.96. The molecule has 2 aromatic rings. The number of carbonyl (C=O) groups excluding carboxylic acids is 1. The highest BCUT2D eigenvalue weighted by molar-refractivity contribution is 9.10. The van der Waals surface area contributed by atoms with E-state index in [1.165, 1.54) is 18.2 Å². The number of aliphatic hydroxyl groups is 1. The van der Waals surface area contributed by atoms with Crippen molar-refractivity contribution in [3.05, 3.63) is 58.5 Å². The summed E-state index contributed by atoms with van der Waals surface area (Å²) < 4.78 is 44.8. The molecule has 106 valence electrons. The number of halogens is 4. The molecule has 0 aliphatic heterocycles. The van der Waals surface area contributed by atoms with Crippen molar-refractivity contribution in [3.63, 3.8) is 0 Å². The first kappa shape index (κ1) is 14.8. The predicted octanol–water partition coefficient (Wildman–Crippen LogP) is 3.67. The van der Waals surface area contributed by atoms with Gasteiger partial charge in [-0.3, -0.25) is 4.79 Å². The molecule has 7 heteroatoms. The van der Waals surface area contributed by atoms with Crippen molar-refractivity contribution < 1.29 is 27.5 Å². The van der Waals surface area contributed by atoms with E-state index in [1.807, 2.05) is 0 Å². The van der Waals surface area contributed by atoms with Crippen LogP contribution in [-0.4, -0.2) is 17.1 Å². The molecule has 0 aliphatic carbocycles. The number of alkyl halides is 3. The topological polar surface area (TPSA) is 50.4 Å². The first-order chi connectivity index (χ1) is 9.26. The minimum atomic E-state index is -5.18. The maximum Gasteiger partial charge on any atom is 0.429 e. The van der Waals surface area contributed by atoms with Gasteiger partial charge in [0.05, 0.1) is 6.26 Å². The monoisotopic (exact) mass is 348 g/mol. The van der Waals surface area contributed by atoms with Crippen LogP contribution in [0.3, 0.4) is 0 Å². The molecular formula is C13H8BrF3O3. The number of hydrogen-bond acceptors (Lipinski definition) is 3. The molecule has 1 heterocycles. The maximum absolute atomic E-state index is 13.2. The van der Waals surface area contributed by atoms with Crippen molar-refractivity contribution in [2.45, 2.75) is 11.8 Å². The molecule has 0 bridgehead atoms. The third-order valence-corrected chi connectivity index (χ3v) is 3.27. The molecular weight excluding hydrogens is 341 g/mol. The van der Waals surface area contributed by atoms with Crippen LogP contribution in [0.15, 0.2) is 51.6 Å². The highest BCUT2D eigenvalue weighted by Gasteiger charge is 2.61. The number of Topliss-reactive ketones (excluding diaryl/α,β-unsaturated/α-hetero) is 1. The van der Waals surface area contributed by atoms with Crippen LogP contribution in [0, 0.1) is 0 Å². The van der Waals surface area contributed by atoms with E-state index in [2.05, 4.69) is 20.3 Å². The van der Waals surface area contributed by atoms with Crippen molar-refractivity contribution >= 4 is 21.7 Å². The third kappa shape index (κ3) is 2.38. The molecule has 1 aromatic heterocycles. The second kappa shape index (κ2) is 5.06. The summed E-state index contributed by atoms with van der Waals surface area (Å²) in [6, 6.07) is 7.00. The van der Waals surface area contributed by atoms with E-state index < -0.39 is 28.9 Å². The van der Waals surface area contributed by atoms with Crippen molar-refractivity contribution in [1.29, 1.82) is 0 Å². The van der Waals surface area contributed by atoms with Gasteiger partial charge in [-0.25, -0.2) is 0 Å². The smallest absolute Gasteiger partial charge is 0.429 e. The van der Waals surface area contributed by atoms with Gasteiger partial charge in [0.2, 0.25) is 5.78 Å². The number of hydrogen-bond donors (Lipinski definition) is 1. The second-order valence-electron chi connectivity index (χ2n) is 4.02. The first-order valence-electron chi connectivity index (χ1n) is 5.40. The van der Waals surface area contributed by atoms with E-state index in [-0.39, 0.29) is 0 Å². The minimum Gasteiger partial charge on any atom is -0.461 e. The van der Waals surface area contributed by atoms with Gasteiger partial charge in [-0.1, -0.05) is 28.1 Å². The lowest BCUT2D eigenvalue weighted by Gasteiger charge is -2.28. The number of ketones is 1. The van der Waals surface area contributed by atoms with Crippen LogP contribution in [0.5, 0.6) is 0 Å². The molecule has 3 nitrogen and oxygen atoms in total. The van der Waals surface area contributed by atoms with E-state index in [1.54, 1.807) is 0 Å². The Morgan fingerprint density at radius 3 is 2.20 bits per heavy atom. The summed E-state index contributed by atoms with van der Waals surface area (Å²) in [5.41, 5.74) is -4.22. The third-order valence-electron chi connectivity index (χ3n) is 2.75. The molecule has 20 heavy (non-hydrogen) atoms. The number of furan rings is 1. The van der Waals surface area contributed by atoms with Crippen molar-refractivity contribution in [2.75, 3.05) is 0 Å². The molecule has 0 fully saturated rings. The lowest BCUT2D eigenvalue weighted by Crippen LogP contribution is -2.49. The summed E-state index contributed by atoms with van der Waals surface area (Å²) >= 11 is 3.07. The number of carbonyl (C=O) groups is 1. The molecule has 0 radical (unpaired) electrons. The van der Waals surface area contributed by atoms with Crippen LogP contribution < -0.4 is 0 Å².